The molecule has 0 unspecified atom stereocenters. The van der Waals surface area contributed by atoms with Crippen molar-refractivity contribution in [2.75, 3.05) is 0 Å². The molecule has 90 valence electrons. The SMILES string of the molecule is Cn1cnc(Oc2nnc(CNC3CC3)s2)n1. The van der Waals surface area contributed by atoms with E-state index in [2.05, 4.69) is 25.6 Å². The number of aromatic nitrogens is 5. The van der Waals surface area contributed by atoms with Gasteiger partial charge in [0.05, 0.1) is 6.54 Å². The first-order valence-corrected chi connectivity index (χ1v) is 6.20. The third-order valence-electron chi connectivity index (χ3n) is 2.32. The summed E-state index contributed by atoms with van der Waals surface area (Å²) in [6.45, 7) is 0.751. The lowest BCUT2D eigenvalue weighted by atomic mass is 10.6. The van der Waals surface area contributed by atoms with E-state index in [1.165, 1.54) is 24.2 Å². The lowest BCUT2D eigenvalue weighted by molar-refractivity contribution is 0.431. The number of ether oxygens (including phenoxy) is 1. The van der Waals surface area contributed by atoms with E-state index in [0.29, 0.717) is 17.2 Å². The molecule has 17 heavy (non-hydrogen) atoms. The summed E-state index contributed by atoms with van der Waals surface area (Å²) in [5.41, 5.74) is 0. The van der Waals surface area contributed by atoms with Gasteiger partial charge in [-0.25, -0.2) is 0 Å². The van der Waals surface area contributed by atoms with Crippen LogP contribution in [-0.2, 0) is 13.6 Å². The number of nitrogens with zero attached hydrogens (tertiary/aromatic N) is 5. The largest absolute Gasteiger partial charge is 0.393 e. The van der Waals surface area contributed by atoms with Crippen molar-refractivity contribution in [2.24, 2.45) is 7.05 Å². The van der Waals surface area contributed by atoms with Crippen molar-refractivity contribution >= 4 is 11.3 Å². The highest BCUT2D eigenvalue weighted by Crippen LogP contribution is 2.24. The lowest BCUT2D eigenvalue weighted by Gasteiger charge is -1.95. The number of hydrogen-bond donors (Lipinski definition) is 1. The summed E-state index contributed by atoms with van der Waals surface area (Å²) in [6.07, 6.45) is 4.10. The number of nitrogens with one attached hydrogen (secondary N) is 1. The summed E-state index contributed by atoms with van der Waals surface area (Å²) in [5.74, 6) is 0. The van der Waals surface area contributed by atoms with Crippen molar-refractivity contribution in [3.63, 3.8) is 0 Å². The predicted molar refractivity (Wildman–Crippen MR) is 60.8 cm³/mol. The van der Waals surface area contributed by atoms with Gasteiger partial charge in [0, 0.05) is 13.1 Å². The highest BCUT2D eigenvalue weighted by Gasteiger charge is 2.20. The van der Waals surface area contributed by atoms with E-state index in [1.54, 1.807) is 18.1 Å². The Bertz CT molecular complexity index is 505. The number of aryl methyl sites for hydroxylation is 1. The molecule has 8 heteroatoms. The second-order valence-corrected chi connectivity index (χ2v) is 4.94. The zero-order valence-corrected chi connectivity index (χ0v) is 10.1. The predicted octanol–water partition coefficient (Wildman–Crippen LogP) is 0.711. The first-order chi connectivity index (χ1) is 8.29. The fraction of sp³-hybridized carbons (Fsp3) is 0.556. The maximum Gasteiger partial charge on any atom is 0.342 e. The normalized spacial score (nSPS) is 15.1. The van der Waals surface area contributed by atoms with Crippen LogP contribution in [0.2, 0.25) is 0 Å². The van der Waals surface area contributed by atoms with Crippen molar-refractivity contribution in [3.05, 3.63) is 11.3 Å². The minimum Gasteiger partial charge on any atom is -0.393 e. The van der Waals surface area contributed by atoms with Crippen LogP contribution in [0, 0.1) is 0 Å². The fourth-order valence-corrected chi connectivity index (χ4v) is 1.95. The maximum absolute atomic E-state index is 5.38. The minimum absolute atomic E-state index is 0.297. The highest BCUT2D eigenvalue weighted by atomic mass is 32.1. The second kappa shape index (κ2) is 4.38. The molecule has 0 spiro atoms. The quantitative estimate of drug-likeness (QED) is 0.844. The molecule has 1 saturated carbocycles. The van der Waals surface area contributed by atoms with E-state index in [9.17, 15) is 0 Å². The third-order valence-corrected chi connectivity index (χ3v) is 3.13. The summed E-state index contributed by atoms with van der Waals surface area (Å²) in [5, 5.41) is 16.7. The van der Waals surface area contributed by atoms with E-state index in [4.69, 9.17) is 4.74 Å². The Morgan fingerprint density at radius 3 is 3.12 bits per heavy atom. The average molecular weight is 252 g/mol. The molecule has 0 aliphatic heterocycles. The van der Waals surface area contributed by atoms with Crippen LogP contribution in [0.4, 0.5) is 0 Å². The van der Waals surface area contributed by atoms with E-state index in [-0.39, 0.29) is 0 Å². The summed E-state index contributed by atoms with van der Waals surface area (Å²) in [7, 11) is 1.78. The van der Waals surface area contributed by atoms with Crippen molar-refractivity contribution < 1.29 is 4.74 Å². The van der Waals surface area contributed by atoms with Gasteiger partial charge < -0.3 is 10.1 Å². The molecule has 1 fully saturated rings. The minimum atomic E-state index is 0.297. The van der Waals surface area contributed by atoms with Gasteiger partial charge in [-0.15, -0.1) is 10.2 Å². The third kappa shape index (κ3) is 2.77. The van der Waals surface area contributed by atoms with Gasteiger partial charge in [-0.05, 0) is 12.8 Å². The van der Waals surface area contributed by atoms with Crippen LogP contribution in [0.25, 0.3) is 0 Å². The molecule has 0 saturated heterocycles. The zero-order valence-electron chi connectivity index (χ0n) is 9.33. The van der Waals surface area contributed by atoms with Gasteiger partial charge in [0.2, 0.25) is 0 Å². The Balaban J connectivity index is 1.59. The van der Waals surface area contributed by atoms with Gasteiger partial charge in [-0.2, -0.15) is 4.98 Å². The van der Waals surface area contributed by atoms with Crippen LogP contribution in [-0.4, -0.2) is 31.0 Å². The molecular formula is C9H12N6OS. The smallest absolute Gasteiger partial charge is 0.342 e. The Kier molecular flexibility index (Phi) is 2.73. The molecule has 1 aliphatic rings. The molecule has 2 aromatic heterocycles. The van der Waals surface area contributed by atoms with Gasteiger partial charge in [0.1, 0.15) is 11.3 Å². The van der Waals surface area contributed by atoms with Crippen LogP contribution < -0.4 is 10.1 Å². The number of rotatable bonds is 5. The topological polar surface area (TPSA) is 77.8 Å². The molecular weight excluding hydrogens is 240 g/mol. The number of hydrogen-bond acceptors (Lipinski definition) is 7. The van der Waals surface area contributed by atoms with Gasteiger partial charge in [0.15, 0.2) is 0 Å². The Morgan fingerprint density at radius 1 is 1.53 bits per heavy atom. The van der Waals surface area contributed by atoms with Gasteiger partial charge in [-0.1, -0.05) is 16.4 Å². The average Bonchev–Trinajstić information content (AvgIpc) is 2.90. The lowest BCUT2D eigenvalue weighted by Crippen LogP contribution is -2.14. The molecule has 2 aromatic rings. The molecule has 1 aliphatic carbocycles. The Hall–Kier alpha value is -1.54. The Morgan fingerprint density at radius 2 is 2.41 bits per heavy atom. The van der Waals surface area contributed by atoms with Crippen molar-refractivity contribution in [1.29, 1.82) is 0 Å². The molecule has 3 rings (SSSR count). The first-order valence-electron chi connectivity index (χ1n) is 5.39. The molecule has 2 heterocycles. The van der Waals surface area contributed by atoms with Crippen LogP contribution in [0.1, 0.15) is 17.8 Å². The highest BCUT2D eigenvalue weighted by molar-refractivity contribution is 7.13. The molecule has 1 N–H and O–H groups in total. The zero-order chi connectivity index (χ0) is 11.7. The van der Waals surface area contributed by atoms with E-state index >= 15 is 0 Å². The summed E-state index contributed by atoms with van der Waals surface area (Å²) < 4.78 is 6.95. The molecule has 0 atom stereocenters. The van der Waals surface area contributed by atoms with Crippen LogP contribution >= 0.6 is 11.3 Å². The van der Waals surface area contributed by atoms with Crippen LogP contribution in [0.15, 0.2) is 6.33 Å². The van der Waals surface area contributed by atoms with Gasteiger partial charge in [0.25, 0.3) is 0 Å². The van der Waals surface area contributed by atoms with Crippen LogP contribution in [0.5, 0.6) is 11.2 Å². The van der Waals surface area contributed by atoms with Crippen molar-refractivity contribution in [2.45, 2.75) is 25.4 Å². The van der Waals surface area contributed by atoms with E-state index in [1.807, 2.05) is 0 Å². The second-order valence-electron chi connectivity index (χ2n) is 3.92. The van der Waals surface area contributed by atoms with Gasteiger partial charge >= 0.3 is 11.2 Å². The summed E-state index contributed by atoms with van der Waals surface area (Å²) >= 11 is 1.41. The molecule has 0 amide bonds. The first kappa shape index (κ1) is 10.6. The van der Waals surface area contributed by atoms with E-state index < -0.39 is 0 Å². The molecule has 0 bridgehead atoms. The summed E-state index contributed by atoms with van der Waals surface area (Å²) in [6, 6.07) is 0.964. The van der Waals surface area contributed by atoms with Crippen LogP contribution in [0.3, 0.4) is 0 Å². The molecule has 0 radical (unpaired) electrons. The maximum atomic E-state index is 5.38. The summed E-state index contributed by atoms with van der Waals surface area (Å²) in [4.78, 5) is 3.96. The fourth-order valence-electron chi connectivity index (χ4n) is 1.31. The molecule has 0 aromatic carbocycles. The van der Waals surface area contributed by atoms with Crippen molar-refractivity contribution in [3.8, 4) is 11.2 Å². The Labute approximate surface area is 102 Å². The van der Waals surface area contributed by atoms with Gasteiger partial charge in [-0.3, -0.25) is 4.68 Å². The molecule has 7 nitrogen and oxygen atoms in total. The van der Waals surface area contributed by atoms with Crippen molar-refractivity contribution in [1.82, 2.24) is 30.3 Å². The monoisotopic (exact) mass is 252 g/mol. The standard InChI is InChI=1S/C9H12N6OS/c1-15-5-11-8(14-15)16-9-13-12-7(17-9)4-10-6-2-3-6/h5-6,10H,2-4H2,1H3. The van der Waals surface area contributed by atoms with E-state index in [0.717, 1.165) is 11.6 Å².